The zero-order valence-electron chi connectivity index (χ0n) is 44.2. The van der Waals surface area contributed by atoms with Crippen LogP contribution < -0.4 is 30.3 Å². The zero-order chi connectivity index (χ0) is 53.4. The van der Waals surface area contributed by atoms with E-state index in [4.69, 9.17) is 19.7 Å². The maximum Gasteiger partial charge on any atom is 0.254 e. The van der Waals surface area contributed by atoms with Crippen LogP contribution in [0, 0.1) is 12.8 Å². The van der Waals surface area contributed by atoms with Crippen molar-refractivity contribution in [3.8, 4) is 39.2 Å². The van der Waals surface area contributed by atoms with Gasteiger partial charge in [0.05, 0.1) is 39.1 Å². The molecule has 4 aromatic heterocycles. The fourth-order valence-corrected chi connectivity index (χ4v) is 13.0. The van der Waals surface area contributed by atoms with Crippen molar-refractivity contribution in [3.05, 3.63) is 102 Å². The summed E-state index contributed by atoms with van der Waals surface area (Å²) in [5.41, 5.74) is 13.8. The number of benzene rings is 2. The molecule has 5 fully saturated rings. The first kappa shape index (κ1) is 52.2. The van der Waals surface area contributed by atoms with E-state index in [9.17, 15) is 19.8 Å². The topological polar surface area (TPSA) is 228 Å². The molecule has 5 aliphatic heterocycles. The van der Waals surface area contributed by atoms with Crippen LogP contribution in [0.3, 0.4) is 0 Å². The number of likely N-dealkylation sites (tertiary alicyclic amines) is 2. The lowest BCUT2D eigenvalue weighted by Gasteiger charge is -2.50. The highest BCUT2D eigenvalue weighted by molar-refractivity contribution is 7.13. The van der Waals surface area contributed by atoms with Crippen molar-refractivity contribution in [1.82, 2.24) is 50.2 Å². The molecule has 77 heavy (non-hydrogen) atoms. The molecule has 5 atom stereocenters. The SMILES string of the molecule is Cc1ncsc1-c1ccc(C2(NC(=O)[C@@H]3C[C@@H](O)CN3C(=O)[C@@H](c3cc(OCCN4CCN(CCOc5cc(N6C7CCC6CN(c6cc(-c8ccccc8O)nnc6N)C7)ccn5)CC4)no3)C(C)C)CN(C)C2)cc1. The number of aromatic nitrogens is 5. The minimum atomic E-state index is -0.844. The van der Waals surface area contributed by atoms with Gasteiger partial charge in [0.2, 0.25) is 17.7 Å². The Bertz CT molecular complexity index is 3020. The number of rotatable bonds is 18. The number of aromatic hydroxyl groups is 1. The Morgan fingerprint density at radius 3 is 2.26 bits per heavy atom. The summed E-state index contributed by atoms with van der Waals surface area (Å²) in [5, 5.41) is 37.4. The van der Waals surface area contributed by atoms with Crippen molar-refractivity contribution in [2.24, 2.45) is 5.92 Å². The molecule has 0 spiro atoms. The number of nitrogens with two attached hydrogens (primary N) is 1. The number of aliphatic hydroxyl groups excluding tert-OH is 1. The van der Waals surface area contributed by atoms with Gasteiger partial charge in [-0.25, -0.2) is 9.97 Å². The van der Waals surface area contributed by atoms with Crippen LogP contribution in [0.25, 0.3) is 21.7 Å². The van der Waals surface area contributed by atoms with Gasteiger partial charge in [-0.3, -0.25) is 19.4 Å². The number of hydrogen-bond donors (Lipinski definition) is 4. The number of β-amino-alcohol motifs (C(OH)–C–C–N with tert-alkyl or cyclic N) is 1. The number of nitrogen functional groups attached to an aromatic ring is 1. The summed E-state index contributed by atoms with van der Waals surface area (Å²) in [6, 6.07) is 22.9. The molecule has 21 heteroatoms. The van der Waals surface area contributed by atoms with Crippen molar-refractivity contribution in [2.45, 2.75) is 75.7 Å². The number of para-hydroxylation sites is 1. The zero-order valence-corrected chi connectivity index (χ0v) is 45.0. The number of anilines is 3. The van der Waals surface area contributed by atoms with E-state index < -0.39 is 23.6 Å². The van der Waals surface area contributed by atoms with E-state index in [-0.39, 0.29) is 48.5 Å². The van der Waals surface area contributed by atoms with E-state index in [1.54, 1.807) is 29.5 Å². The van der Waals surface area contributed by atoms with E-state index in [0.29, 0.717) is 67.4 Å². The Morgan fingerprint density at radius 1 is 0.896 bits per heavy atom. The maximum absolute atomic E-state index is 14.4. The van der Waals surface area contributed by atoms with Gasteiger partial charge in [0.25, 0.3) is 5.88 Å². The molecule has 5 N–H and O–H groups in total. The van der Waals surface area contributed by atoms with Gasteiger partial charge in [-0.2, -0.15) is 0 Å². The highest BCUT2D eigenvalue weighted by Gasteiger charge is 2.49. The monoisotopic (exact) mass is 1070 g/mol. The van der Waals surface area contributed by atoms with Crippen LogP contribution in [-0.4, -0.2) is 183 Å². The fraction of sp³-hybridized carbons (Fsp3) is 0.482. The van der Waals surface area contributed by atoms with Crippen LogP contribution in [0.1, 0.15) is 56.0 Å². The Morgan fingerprint density at radius 2 is 1.60 bits per heavy atom. The van der Waals surface area contributed by atoms with Crippen LogP contribution in [0.4, 0.5) is 17.2 Å². The normalized spacial score (nSPS) is 22.1. The minimum absolute atomic E-state index is 0.0504. The van der Waals surface area contributed by atoms with Crippen LogP contribution in [-0.2, 0) is 15.1 Å². The molecule has 20 nitrogen and oxygen atoms in total. The molecule has 406 valence electrons. The van der Waals surface area contributed by atoms with E-state index in [0.717, 1.165) is 91.7 Å². The van der Waals surface area contributed by atoms with E-state index in [1.165, 1.54) is 4.90 Å². The van der Waals surface area contributed by atoms with Crippen LogP contribution in [0.15, 0.2) is 89.0 Å². The third-order valence-electron chi connectivity index (χ3n) is 16.1. The summed E-state index contributed by atoms with van der Waals surface area (Å²) in [6.07, 6.45) is 3.27. The highest BCUT2D eigenvalue weighted by Crippen LogP contribution is 2.41. The van der Waals surface area contributed by atoms with Gasteiger partial charge in [0, 0.05) is 120 Å². The number of pyridine rings is 1. The standard InChI is InChI=1S/C56H69N13O7S/c1-35(2)51(55(73)68-31-42(70)26-46(68)54(72)60-56(32-64(4)33-56)38-11-9-37(10-12-38)52-36(3)59-34-77-52)48-28-50(63-76-48)75-24-22-66-19-17-65(18-20-66)21-23-74-49-25-39(15-16-58-49)69-40-13-14-41(69)30-67(29-40)45-27-44(61-62-53(45)57)43-7-5-6-8-47(43)71/h5-12,15-16,25,27-28,34-35,40-42,46,51,70-71H,13-14,17-24,26,29-33H2,1-4H3,(H2,57,62)(H,60,72)/t40?,41?,42-,46+,51-/m1/s1. The molecule has 2 aromatic carbocycles. The number of thiazole rings is 1. The second kappa shape index (κ2) is 22.2. The van der Waals surface area contributed by atoms with Gasteiger partial charge in [-0.05, 0) is 73.3 Å². The molecule has 0 radical (unpaired) electrons. The van der Waals surface area contributed by atoms with E-state index in [1.807, 2.05) is 57.7 Å². The predicted molar refractivity (Wildman–Crippen MR) is 293 cm³/mol. The number of fused-ring (bicyclic) bond motifs is 2. The predicted octanol–water partition coefficient (Wildman–Crippen LogP) is 4.84. The third kappa shape index (κ3) is 11.0. The lowest BCUT2D eigenvalue weighted by molar-refractivity contribution is -0.142. The average molecular weight is 1070 g/mol. The lowest BCUT2D eigenvalue weighted by Crippen LogP contribution is -2.68. The number of aliphatic hydroxyl groups is 1. The molecule has 6 aromatic rings. The van der Waals surface area contributed by atoms with Gasteiger partial charge >= 0.3 is 0 Å². The van der Waals surface area contributed by atoms with Crippen molar-refractivity contribution in [1.29, 1.82) is 0 Å². The molecule has 5 saturated heterocycles. The summed E-state index contributed by atoms with van der Waals surface area (Å²) >= 11 is 1.60. The first-order valence-electron chi connectivity index (χ1n) is 26.9. The molecule has 11 rings (SSSR count). The molecule has 0 aliphatic carbocycles. The summed E-state index contributed by atoms with van der Waals surface area (Å²) in [7, 11) is 2.02. The number of nitrogens with one attached hydrogen (secondary N) is 1. The molecule has 9 heterocycles. The number of likely N-dealkylation sites (N-methyl/N-ethyl adjacent to an activating group) is 1. The third-order valence-corrected chi connectivity index (χ3v) is 17.1. The first-order chi connectivity index (χ1) is 37.3. The number of amides is 2. The number of carbonyl (C=O) groups is 2. The number of phenols is 1. The van der Waals surface area contributed by atoms with Crippen molar-refractivity contribution >= 4 is 40.3 Å². The number of carbonyl (C=O) groups excluding carboxylic acids is 2. The van der Waals surface area contributed by atoms with Gasteiger partial charge in [-0.15, -0.1) is 21.5 Å². The van der Waals surface area contributed by atoms with Crippen LogP contribution >= 0.6 is 11.3 Å². The van der Waals surface area contributed by atoms with Crippen molar-refractivity contribution in [3.63, 3.8) is 0 Å². The van der Waals surface area contributed by atoms with Gasteiger partial charge in [0.1, 0.15) is 30.9 Å². The van der Waals surface area contributed by atoms with Crippen molar-refractivity contribution in [2.75, 3.05) is 108 Å². The number of phenolic OH excluding ortho intramolecular Hbond substituents is 1. The molecule has 2 amide bonds. The van der Waals surface area contributed by atoms with Gasteiger partial charge < -0.3 is 54.9 Å². The number of nitrogens with zero attached hydrogens (tertiary/aromatic N) is 11. The number of aryl methyl sites for hydroxylation is 1. The smallest absolute Gasteiger partial charge is 0.254 e. The summed E-state index contributed by atoms with van der Waals surface area (Å²) in [5.74, 6) is 0.326. The quantitative estimate of drug-likeness (QED) is 0.0903. The average Bonchev–Trinajstić information content (AvgIpc) is 4.29. The summed E-state index contributed by atoms with van der Waals surface area (Å²) < 4.78 is 18.1. The Hall–Kier alpha value is -6.91. The molecule has 2 unspecified atom stereocenters. The molecular weight excluding hydrogens is 999 g/mol. The number of ether oxygens (including phenoxy) is 2. The largest absolute Gasteiger partial charge is 0.507 e. The van der Waals surface area contributed by atoms with E-state index in [2.05, 4.69) is 91.5 Å². The minimum Gasteiger partial charge on any atom is -0.507 e. The Balaban J connectivity index is 0.626. The Kier molecular flexibility index (Phi) is 15.0. The van der Waals surface area contributed by atoms with Crippen LogP contribution in [0.2, 0.25) is 0 Å². The molecule has 5 aliphatic rings. The second-order valence-corrected chi connectivity index (χ2v) is 22.6. The maximum atomic E-state index is 14.4. The van der Waals surface area contributed by atoms with Gasteiger partial charge in [0.15, 0.2) is 11.6 Å². The number of hydrogen-bond acceptors (Lipinski definition) is 19. The van der Waals surface area contributed by atoms with Crippen LogP contribution in [0.5, 0.6) is 17.5 Å². The summed E-state index contributed by atoms with van der Waals surface area (Å²) in [4.78, 5) is 52.0. The summed E-state index contributed by atoms with van der Waals surface area (Å²) in [6.45, 7) is 14.7. The number of piperazine rings is 2. The lowest BCUT2D eigenvalue weighted by atomic mass is 9.81. The fourth-order valence-electron chi connectivity index (χ4n) is 12.2. The molecule has 2 bridgehead atoms. The molecule has 0 saturated carbocycles. The highest BCUT2D eigenvalue weighted by atomic mass is 32.1. The second-order valence-electron chi connectivity index (χ2n) is 21.7. The first-order valence-corrected chi connectivity index (χ1v) is 27.7. The van der Waals surface area contributed by atoms with Gasteiger partial charge in [-0.1, -0.05) is 50.2 Å². The molecular formula is C56H69N13O7S. The Labute approximate surface area is 452 Å². The van der Waals surface area contributed by atoms with E-state index >= 15 is 0 Å². The van der Waals surface area contributed by atoms with Crippen molar-refractivity contribution < 1.29 is 33.8 Å².